The number of carbonyl (C=O) groups is 2. The molecule has 1 amide bonds. The van der Waals surface area contributed by atoms with Gasteiger partial charge in [-0.3, -0.25) is 9.59 Å². The van der Waals surface area contributed by atoms with Crippen molar-refractivity contribution in [1.29, 1.82) is 0 Å². The molecule has 1 aromatic rings. The molecule has 18 heavy (non-hydrogen) atoms. The number of halogens is 1. The summed E-state index contributed by atoms with van der Waals surface area (Å²) < 4.78 is 1.00. The van der Waals surface area contributed by atoms with Crippen LogP contribution < -0.4 is 5.32 Å². The summed E-state index contributed by atoms with van der Waals surface area (Å²) >= 11 is 4.91. The van der Waals surface area contributed by atoms with Crippen LogP contribution in [0.2, 0.25) is 0 Å². The van der Waals surface area contributed by atoms with Crippen LogP contribution in [0, 0.1) is 5.41 Å². The second kappa shape index (κ2) is 6.33. The van der Waals surface area contributed by atoms with Crippen LogP contribution in [0.5, 0.6) is 0 Å². The smallest absolute Gasteiger partial charge is 0.303 e. The van der Waals surface area contributed by atoms with Crippen LogP contribution in [0.4, 0.5) is 0 Å². The standard InChI is InChI=1S/C12H16BrNO3S/c1-12(2,5-11(16)17)4-10(15)14-6-9-3-8(13)7-18-9/h3,7H,4-6H2,1-2H3,(H,14,15)(H,16,17). The molecule has 2 N–H and O–H groups in total. The van der Waals surface area contributed by atoms with Crippen molar-refractivity contribution in [1.82, 2.24) is 5.32 Å². The summed E-state index contributed by atoms with van der Waals surface area (Å²) in [5.41, 5.74) is -0.522. The molecule has 0 radical (unpaired) electrons. The van der Waals surface area contributed by atoms with Gasteiger partial charge in [0, 0.05) is 21.2 Å². The third-order valence-corrected chi connectivity index (χ3v) is 4.05. The van der Waals surface area contributed by atoms with Gasteiger partial charge in [0.25, 0.3) is 0 Å². The van der Waals surface area contributed by atoms with E-state index in [-0.39, 0.29) is 18.7 Å². The van der Waals surface area contributed by atoms with Crippen molar-refractivity contribution in [2.45, 2.75) is 33.2 Å². The maximum Gasteiger partial charge on any atom is 0.303 e. The fraction of sp³-hybridized carbons (Fsp3) is 0.500. The maximum atomic E-state index is 11.7. The molecule has 0 bridgehead atoms. The van der Waals surface area contributed by atoms with Gasteiger partial charge in [0.05, 0.1) is 13.0 Å². The summed E-state index contributed by atoms with van der Waals surface area (Å²) in [5, 5.41) is 13.5. The Morgan fingerprint density at radius 2 is 2.11 bits per heavy atom. The first-order chi connectivity index (χ1) is 8.28. The van der Waals surface area contributed by atoms with Gasteiger partial charge < -0.3 is 10.4 Å². The molecular weight excluding hydrogens is 318 g/mol. The Morgan fingerprint density at radius 1 is 1.44 bits per heavy atom. The SMILES string of the molecule is CC(C)(CC(=O)O)CC(=O)NCc1cc(Br)cs1. The number of aliphatic carboxylic acids is 1. The molecule has 0 spiro atoms. The van der Waals surface area contributed by atoms with Crippen LogP contribution in [0.1, 0.15) is 31.6 Å². The second-order valence-corrected chi connectivity index (χ2v) is 6.83. The van der Waals surface area contributed by atoms with Crippen LogP contribution in [0.15, 0.2) is 15.9 Å². The van der Waals surface area contributed by atoms with Gasteiger partial charge >= 0.3 is 5.97 Å². The highest BCUT2D eigenvalue weighted by Crippen LogP contribution is 2.25. The fourth-order valence-corrected chi connectivity index (χ4v) is 2.99. The second-order valence-electron chi connectivity index (χ2n) is 4.92. The van der Waals surface area contributed by atoms with Gasteiger partial charge in [-0.25, -0.2) is 0 Å². The van der Waals surface area contributed by atoms with Crippen molar-refractivity contribution in [2.75, 3.05) is 0 Å². The number of nitrogens with one attached hydrogen (secondary N) is 1. The van der Waals surface area contributed by atoms with Crippen molar-refractivity contribution < 1.29 is 14.7 Å². The Hall–Kier alpha value is -0.880. The summed E-state index contributed by atoms with van der Waals surface area (Å²) in [6.07, 6.45) is 0.205. The normalized spacial score (nSPS) is 11.3. The van der Waals surface area contributed by atoms with Gasteiger partial charge in [-0.05, 0) is 27.4 Å². The minimum absolute atomic E-state index is 0.00896. The number of carboxylic acid groups (broad SMARTS) is 1. The molecule has 0 atom stereocenters. The summed E-state index contributed by atoms with van der Waals surface area (Å²) in [6, 6.07) is 1.95. The van der Waals surface area contributed by atoms with Crippen molar-refractivity contribution in [2.24, 2.45) is 5.41 Å². The predicted octanol–water partition coefficient (Wildman–Crippen LogP) is 3.02. The Bertz CT molecular complexity index is 442. The predicted molar refractivity (Wildman–Crippen MR) is 74.5 cm³/mol. The molecular formula is C12H16BrNO3S. The van der Waals surface area contributed by atoms with E-state index < -0.39 is 11.4 Å². The van der Waals surface area contributed by atoms with Crippen LogP contribution in [0.25, 0.3) is 0 Å². The van der Waals surface area contributed by atoms with E-state index in [1.165, 1.54) is 0 Å². The Morgan fingerprint density at radius 3 is 2.61 bits per heavy atom. The van der Waals surface area contributed by atoms with E-state index in [0.717, 1.165) is 9.35 Å². The zero-order valence-electron chi connectivity index (χ0n) is 10.3. The number of rotatable bonds is 6. The van der Waals surface area contributed by atoms with E-state index in [2.05, 4.69) is 21.2 Å². The Labute approximate surface area is 119 Å². The lowest BCUT2D eigenvalue weighted by atomic mass is 9.85. The number of amides is 1. The number of carboxylic acids is 1. The molecule has 0 aliphatic rings. The minimum atomic E-state index is -0.880. The van der Waals surface area contributed by atoms with Crippen molar-refractivity contribution >= 4 is 39.1 Å². The van der Waals surface area contributed by atoms with Crippen LogP contribution in [0.3, 0.4) is 0 Å². The molecule has 1 aromatic heterocycles. The van der Waals surface area contributed by atoms with Gasteiger partial charge in [-0.1, -0.05) is 13.8 Å². The van der Waals surface area contributed by atoms with E-state index in [1.807, 2.05) is 11.4 Å². The number of carbonyl (C=O) groups excluding carboxylic acids is 1. The molecule has 0 saturated heterocycles. The molecule has 100 valence electrons. The molecule has 4 nitrogen and oxygen atoms in total. The minimum Gasteiger partial charge on any atom is -0.481 e. The molecule has 0 unspecified atom stereocenters. The monoisotopic (exact) mass is 333 g/mol. The van der Waals surface area contributed by atoms with Crippen LogP contribution >= 0.6 is 27.3 Å². The molecule has 0 saturated carbocycles. The Kier molecular flexibility index (Phi) is 5.34. The van der Waals surface area contributed by atoms with E-state index in [0.29, 0.717) is 6.54 Å². The van der Waals surface area contributed by atoms with Crippen molar-refractivity contribution in [3.05, 3.63) is 20.8 Å². The molecule has 1 rings (SSSR count). The van der Waals surface area contributed by atoms with Gasteiger partial charge in [0.1, 0.15) is 0 Å². The van der Waals surface area contributed by atoms with E-state index in [4.69, 9.17) is 5.11 Å². The third kappa shape index (κ3) is 5.64. The maximum absolute atomic E-state index is 11.7. The quantitative estimate of drug-likeness (QED) is 0.840. The zero-order chi connectivity index (χ0) is 13.8. The van der Waals surface area contributed by atoms with E-state index in [9.17, 15) is 9.59 Å². The summed E-state index contributed by atoms with van der Waals surface area (Å²) in [7, 11) is 0. The summed E-state index contributed by atoms with van der Waals surface area (Å²) in [4.78, 5) is 23.4. The lowest BCUT2D eigenvalue weighted by molar-refractivity contribution is -0.139. The first kappa shape index (κ1) is 15.2. The Balaban J connectivity index is 2.39. The summed E-state index contributed by atoms with van der Waals surface area (Å²) in [6.45, 7) is 4.04. The molecule has 0 aliphatic carbocycles. The third-order valence-electron chi connectivity index (χ3n) is 2.35. The van der Waals surface area contributed by atoms with Gasteiger partial charge in [-0.2, -0.15) is 0 Å². The first-order valence-corrected chi connectivity index (χ1v) is 7.17. The molecule has 0 aliphatic heterocycles. The van der Waals surface area contributed by atoms with Gasteiger partial charge in [0.2, 0.25) is 5.91 Å². The van der Waals surface area contributed by atoms with Gasteiger partial charge in [-0.15, -0.1) is 11.3 Å². The highest BCUT2D eigenvalue weighted by atomic mass is 79.9. The van der Waals surface area contributed by atoms with E-state index >= 15 is 0 Å². The zero-order valence-corrected chi connectivity index (χ0v) is 12.7. The summed E-state index contributed by atoms with van der Waals surface area (Å²) in [5.74, 6) is -0.999. The molecule has 0 fully saturated rings. The van der Waals surface area contributed by atoms with E-state index in [1.54, 1.807) is 25.2 Å². The average molecular weight is 334 g/mol. The number of thiophene rings is 1. The van der Waals surface area contributed by atoms with Crippen LogP contribution in [-0.2, 0) is 16.1 Å². The lowest BCUT2D eigenvalue weighted by Crippen LogP contribution is -2.29. The van der Waals surface area contributed by atoms with Crippen LogP contribution in [-0.4, -0.2) is 17.0 Å². The first-order valence-electron chi connectivity index (χ1n) is 5.50. The highest BCUT2D eigenvalue weighted by Gasteiger charge is 2.25. The van der Waals surface area contributed by atoms with Gasteiger partial charge in [0.15, 0.2) is 0 Å². The van der Waals surface area contributed by atoms with Crippen molar-refractivity contribution in [3.8, 4) is 0 Å². The van der Waals surface area contributed by atoms with Crippen molar-refractivity contribution in [3.63, 3.8) is 0 Å². The topological polar surface area (TPSA) is 66.4 Å². The number of hydrogen-bond acceptors (Lipinski definition) is 3. The molecule has 1 heterocycles. The number of hydrogen-bond donors (Lipinski definition) is 2. The fourth-order valence-electron chi connectivity index (χ4n) is 1.60. The largest absolute Gasteiger partial charge is 0.481 e. The highest BCUT2D eigenvalue weighted by molar-refractivity contribution is 9.10. The molecule has 6 heteroatoms. The molecule has 0 aromatic carbocycles. The average Bonchev–Trinajstić information content (AvgIpc) is 2.58. The lowest BCUT2D eigenvalue weighted by Gasteiger charge is -2.21.